The third kappa shape index (κ3) is 8.59. The average Bonchev–Trinajstić information content (AvgIpc) is 2.81. The molecule has 2 rings (SSSR count). The Bertz CT molecular complexity index is 1120. The number of ether oxygens (including phenoxy) is 1. The molecule has 2 aromatic carbocycles. The van der Waals surface area contributed by atoms with Gasteiger partial charge >= 0.3 is 0 Å². The molecule has 188 valence electrons. The molecule has 9 nitrogen and oxygen atoms in total. The minimum Gasteiger partial charge on any atom is -0.497 e. The summed E-state index contributed by atoms with van der Waals surface area (Å²) in [5.41, 5.74) is 6.09. The van der Waals surface area contributed by atoms with Crippen molar-refractivity contribution in [2.24, 2.45) is 5.73 Å². The van der Waals surface area contributed by atoms with Gasteiger partial charge in [-0.05, 0) is 28.5 Å². The maximum atomic E-state index is 12.9. The normalized spacial score (nSPS) is 13.4. The lowest BCUT2D eigenvalue weighted by atomic mass is 9.99. The van der Waals surface area contributed by atoms with Gasteiger partial charge in [0.2, 0.25) is 22.8 Å². The van der Waals surface area contributed by atoms with E-state index in [9.17, 15) is 24.0 Å². The summed E-state index contributed by atoms with van der Waals surface area (Å²) in [5.74, 6) is -1.40. The highest BCUT2D eigenvalue weighted by Gasteiger charge is 2.26. The number of nitrogens with two attached hydrogens (primary N) is 1. The molecule has 0 spiro atoms. The fourth-order valence-electron chi connectivity index (χ4n) is 3.19. The number of amides is 3. The Morgan fingerprint density at radius 2 is 1.40 bits per heavy atom. The zero-order valence-corrected chi connectivity index (χ0v) is 21.6. The lowest BCUT2D eigenvalue weighted by molar-refractivity contribution is -0.125. The summed E-state index contributed by atoms with van der Waals surface area (Å²) in [6.45, 7) is 4.29. The van der Waals surface area contributed by atoms with Crippen LogP contribution in [0.25, 0.3) is 10.8 Å². The third-order valence-corrected chi connectivity index (χ3v) is 7.30. The Kier molecular flexibility index (Phi) is 10.6. The summed E-state index contributed by atoms with van der Waals surface area (Å²) in [5, 5.41) is 6.29. The number of benzene rings is 2. The first kappa shape index (κ1) is 28.2. The first-order valence-corrected chi connectivity index (χ1v) is 12.7. The molecule has 11 heteroatoms. The SMILES string of the molecule is COc1ccc2cc([C@H](C)C(=O)SCC(NC(C)=O)C(=O)SCC(NC(C)=O)C(N)=O)ccc2c1. The summed E-state index contributed by atoms with van der Waals surface area (Å²) >= 11 is 1.71. The van der Waals surface area contributed by atoms with Crippen molar-refractivity contribution in [2.75, 3.05) is 18.6 Å². The van der Waals surface area contributed by atoms with E-state index in [4.69, 9.17) is 10.5 Å². The van der Waals surface area contributed by atoms with Crippen LogP contribution in [0.2, 0.25) is 0 Å². The van der Waals surface area contributed by atoms with E-state index in [0.29, 0.717) is 0 Å². The number of thioether (sulfide) groups is 2. The maximum Gasteiger partial charge on any atom is 0.240 e. The van der Waals surface area contributed by atoms with Crippen molar-refractivity contribution in [1.82, 2.24) is 10.6 Å². The van der Waals surface area contributed by atoms with Gasteiger partial charge in [0.25, 0.3) is 0 Å². The van der Waals surface area contributed by atoms with Crippen LogP contribution in [0.15, 0.2) is 36.4 Å². The Labute approximate surface area is 212 Å². The van der Waals surface area contributed by atoms with Crippen molar-refractivity contribution >= 4 is 62.2 Å². The Balaban J connectivity index is 2.03. The second-order valence-electron chi connectivity index (χ2n) is 7.86. The van der Waals surface area contributed by atoms with E-state index in [0.717, 1.165) is 45.6 Å². The molecule has 2 aromatic rings. The summed E-state index contributed by atoms with van der Waals surface area (Å²) in [4.78, 5) is 59.9. The molecular formula is C24H29N3O6S2. The lowest BCUT2D eigenvalue weighted by Gasteiger charge is -2.19. The molecule has 4 N–H and O–H groups in total. The molecule has 0 radical (unpaired) electrons. The van der Waals surface area contributed by atoms with Crippen LogP contribution in [0.5, 0.6) is 5.75 Å². The molecule has 0 saturated heterocycles. The molecule has 0 saturated carbocycles. The monoisotopic (exact) mass is 519 g/mol. The van der Waals surface area contributed by atoms with E-state index in [1.807, 2.05) is 36.4 Å². The van der Waals surface area contributed by atoms with Crippen LogP contribution >= 0.6 is 23.5 Å². The number of fused-ring (bicyclic) bond motifs is 1. The number of rotatable bonds is 11. The van der Waals surface area contributed by atoms with Crippen molar-refractivity contribution in [3.05, 3.63) is 42.0 Å². The lowest BCUT2D eigenvalue weighted by Crippen LogP contribution is -2.46. The van der Waals surface area contributed by atoms with Gasteiger partial charge in [-0.1, -0.05) is 54.7 Å². The van der Waals surface area contributed by atoms with Gasteiger partial charge in [0.15, 0.2) is 5.12 Å². The molecule has 3 amide bonds. The standard InChI is InChI=1S/C24H29N3O6S2/c1-13(16-5-6-18-10-19(33-4)8-7-17(18)9-16)23(31)34-12-21(27-15(3)29)24(32)35-11-20(22(25)30)26-14(2)28/h5-10,13,20-21H,11-12H2,1-4H3,(H2,25,30)(H,26,28)(H,27,29)/t13-,20?,21?/m0/s1. The number of primary amides is 1. The van der Waals surface area contributed by atoms with E-state index in [1.165, 1.54) is 13.8 Å². The molecule has 0 aliphatic carbocycles. The van der Waals surface area contributed by atoms with E-state index >= 15 is 0 Å². The summed E-state index contributed by atoms with van der Waals surface area (Å²) in [6.07, 6.45) is 0. The van der Waals surface area contributed by atoms with Gasteiger partial charge in [0.1, 0.15) is 17.8 Å². The second-order valence-corrected chi connectivity index (χ2v) is 9.91. The Morgan fingerprint density at radius 3 is 2.00 bits per heavy atom. The number of hydrogen-bond acceptors (Lipinski definition) is 8. The topological polar surface area (TPSA) is 145 Å². The minimum atomic E-state index is -1.03. The quantitative estimate of drug-likeness (QED) is 0.409. The minimum absolute atomic E-state index is 0.0285. The van der Waals surface area contributed by atoms with E-state index < -0.39 is 40.8 Å². The predicted molar refractivity (Wildman–Crippen MR) is 138 cm³/mol. The number of carbonyl (C=O) groups is 5. The Hall–Kier alpha value is -3.05. The van der Waals surface area contributed by atoms with Crippen LogP contribution in [0.3, 0.4) is 0 Å². The predicted octanol–water partition coefficient (Wildman–Crippen LogP) is 1.97. The number of methoxy groups -OCH3 is 1. The molecule has 2 unspecified atom stereocenters. The van der Waals surface area contributed by atoms with E-state index in [2.05, 4.69) is 10.6 Å². The molecular weight excluding hydrogens is 490 g/mol. The molecule has 35 heavy (non-hydrogen) atoms. The first-order valence-electron chi connectivity index (χ1n) is 10.8. The van der Waals surface area contributed by atoms with Crippen molar-refractivity contribution in [3.63, 3.8) is 0 Å². The summed E-state index contributed by atoms with van der Waals surface area (Å²) in [6, 6.07) is 9.45. The second kappa shape index (κ2) is 13.1. The zero-order valence-electron chi connectivity index (χ0n) is 20.0. The molecule has 0 fully saturated rings. The van der Waals surface area contributed by atoms with Gasteiger partial charge in [-0.25, -0.2) is 0 Å². The van der Waals surface area contributed by atoms with Gasteiger partial charge in [0.05, 0.1) is 13.0 Å². The smallest absolute Gasteiger partial charge is 0.240 e. The van der Waals surface area contributed by atoms with Gasteiger partial charge < -0.3 is 21.1 Å². The summed E-state index contributed by atoms with van der Waals surface area (Å²) in [7, 11) is 1.60. The third-order valence-electron chi connectivity index (χ3n) is 5.09. The van der Waals surface area contributed by atoms with Crippen LogP contribution in [-0.2, 0) is 24.0 Å². The zero-order chi connectivity index (χ0) is 26.1. The van der Waals surface area contributed by atoms with Crippen molar-refractivity contribution < 1.29 is 28.7 Å². The van der Waals surface area contributed by atoms with Crippen molar-refractivity contribution in [2.45, 2.75) is 38.8 Å². The molecule has 0 aliphatic rings. The van der Waals surface area contributed by atoms with Crippen LogP contribution in [0.4, 0.5) is 0 Å². The first-order chi connectivity index (χ1) is 16.5. The van der Waals surface area contributed by atoms with Crippen LogP contribution in [-0.4, -0.2) is 58.7 Å². The molecule has 0 aromatic heterocycles. The van der Waals surface area contributed by atoms with E-state index in [1.54, 1.807) is 14.0 Å². The van der Waals surface area contributed by atoms with Crippen LogP contribution in [0.1, 0.15) is 32.3 Å². The maximum absolute atomic E-state index is 12.9. The van der Waals surface area contributed by atoms with Crippen molar-refractivity contribution in [1.29, 1.82) is 0 Å². The van der Waals surface area contributed by atoms with Gasteiger partial charge in [-0.2, -0.15) is 0 Å². The van der Waals surface area contributed by atoms with Gasteiger partial charge in [-0.15, -0.1) is 0 Å². The molecule has 0 bridgehead atoms. The highest BCUT2D eigenvalue weighted by atomic mass is 32.2. The fourth-order valence-corrected chi connectivity index (χ4v) is 5.16. The van der Waals surface area contributed by atoms with Crippen molar-refractivity contribution in [3.8, 4) is 5.75 Å². The average molecular weight is 520 g/mol. The molecule has 0 aliphatic heterocycles. The number of hydrogen-bond donors (Lipinski definition) is 3. The largest absolute Gasteiger partial charge is 0.497 e. The fraction of sp³-hybridized carbons (Fsp3) is 0.375. The molecule has 3 atom stereocenters. The highest BCUT2D eigenvalue weighted by Crippen LogP contribution is 2.28. The highest BCUT2D eigenvalue weighted by molar-refractivity contribution is 8.15. The van der Waals surface area contributed by atoms with E-state index in [-0.39, 0.29) is 16.6 Å². The Morgan fingerprint density at radius 1 is 0.857 bits per heavy atom. The number of nitrogens with one attached hydrogen (secondary N) is 2. The summed E-state index contributed by atoms with van der Waals surface area (Å²) < 4.78 is 5.24. The van der Waals surface area contributed by atoms with Gasteiger partial charge in [-0.3, -0.25) is 24.0 Å². The van der Waals surface area contributed by atoms with Crippen LogP contribution in [0, 0.1) is 0 Å². The van der Waals surface area contributed by atoms with Crippen LogP contribution < -0.4 is 21.1 Å². The number of carbonyl (C=O) groups excluding carboxylic acids is 5. The molecule has 0 heterocycles. The van der Waals surface area contributed by atoms with Gasteiger partial charge in [0, 0.05) is 25.4 Å².